The maximum atomic E-state index is 15.0. The summed E-state index contributed by atoms with van der Waals surface area (Å²) in [6, 6.07) is 16.5. The van der Waals surface area contributed by atoms with E-state index in [1.165, 1.54) is 26.0 Å². The number of ketones is 1. The quantitative estimate of drug-likeness (QED) is 0.158. The van der Waals surface area contributed by atoms with Gasteiger partial charge in [-0.1, -0.05) is 76.2 Å². The van der Waals surface area contributed by atoms with Gasteiger partial charge in [-0.05, 0) is 49.1 Å². The maximum Gasteiger partial charge on any atom is 0.348 e. The predicted octanol–water partition coefficient (Wildman–Crippen LogP) is 3.69. The van der Waals surface area contributed by atoms with Crippen molar-refractivity contribution in [2.75, 3.05) is 13.2 Å². The third-order valence-corrected chi connectivity index (χ3v) is 13.3. The van der Waals surface area contributed by atoms with Crippen LogP contribution < -0.4 is 0 Å². The van der Waals surface area contributed by atoms with Crippen molar-refractivity contribution >= 4 is 35.6 Å². The van der Waals surface area contributed by atoms with Crippen molar-refractivity contribution in [1.82, 2.24) is 0 Å². The molecule has 0 amide bonds. The van der Waals surface area contributed by atoms with Gasteiger partial charge in [-0.25, -0.2) is 14.4 Å². The number of benzene rings is 2. The number of hydrogen-bond donors (Lipinski definition) is 3. The van der Waals surface area contributed by atoms with Gasteiger partial charge in [0.05, 0.1) is 29.6 Å². The number of aliphatic hydroxyl groups excluding tert-OH is 2. The minimum Gasteiger partial charge on any atom is -0.455 e. The van der Waals surface area contributed by atoms with Crippen molar-refractivity contribution in [2.45, 2.75) is 128 Å². The molecule has 1 saturated heterocycles. The summed E-state index contributed by atoms with van der Waals surface area (Å²) in [6.07, 6.45) is -9.52. The Bertz CT molecular complexity index is 2030. The van der Waals surface area contributed by atoms with Crippen LogP contribution in [0.5, 0.6) is 0 Å². The van der Waals surface area contributed by atoms with Gasteiger partial charge in [-0.15, -0.1) is 0 Å². The van der Waals surface area contributed by atoms with Crippen molar-refractivity contribution in [2.24, 2.45) is 16.7 Å². The Labute approximate surface area is 348 Å². The molecule has 4 aliphatic rings. The molecule has 2 aromatic rings. The highest BCUT2D eigenvalue weighted by molar-refractivity contribution is 5.94. The molecule has 0 spiro atoms. The minimum atomic E-state index is -2.35. The second-order valence-electron chi connectivity index (χ2n) is 17.1. The van der Waals surface area contributed by atoms with E-state index in [1.807, 2.05) is 0 Å². The standard InChI is InChI=1S/C45H54O15/c1-8-15-32(48)55-22-33(49)58-36(24(2)27-16-11-9-12-17-27)41(53)57-29-21-45(54)39(59-40(52)28-18-13-10-14-19-28)37-43(7,38(51)35(50)34(25(29)3)42(45,5)6)30(47)20-31-44(37,23-56-31)60-26(4)46/h9-14,16-19,24,29-31,35-37,39,47,50,54H,8,15,20-23H2,1-7H3/t24?,29?,30?,31?,35?,36?,37?,39?,43?,44-,45-/m0/s1. The Kier molecular flexibility index (Phi) is 12.5. The van der Waals surface area contributed by atoms with Gasteiger partial charge in [0.15, 0.2) is 18.0 Å². The highest BCUT2D eigenvalue weighted by Gasteiger charge is 2.78. The van der Waals surface area contributed by atoms with Gasteiger partial charge < -0.3 is 43.7 Å². The number of aliphatic hydroxyl groups is 3. The zero-order chi connectivity index (χ0) is 43.9. The molecule has 324 valence electrons. The number of ether oxygens (including phenoxy) is 6. The average molecular weight is 835 g/mol. The Morgan fingerprint density at radius 1 is 0.933 bits per heavy atom. The summed E-state index contributed by atoms with van der Waals surface area (Å²) >= 11 is 0. The van der Waals surface area contributed by atoms with Crippen LogP contribution in [0.4, 0.5) is 0 Å². The predicted molar refractivity (Wildman–Crippen MR) is 210 cm³/mol. The molecule has 11 atom stereocenters. The molecule has 2 saturated carbocycles. The molecule has 3 aliphatic carbocycles. The average Bonchev–Trinajstić information content (AvgIpc) is 3.20. The Balaban J connectivity index is 1.48. The molecular weight excluding hydrogens is 780 g/mol. The first-order valence-electron chi connectivity index (χ1n) is 20.3. The molecule has 15 heteroatoms. The van der Waals surface area contributed by atoms with E-state index in [9.17, 15) is 39.3 Å². The minimum absolute atomic E-state index is 0.0484. The van der Waals surface area contributed by atoms with Crippen LogP contribution >= 0.6 is 0 Å². The van der Waals surface area contributed by atoms with Crippen molar-refractivity contribution in [3.05, 3.63) is 82.9 Å². The second kappa shape index (κ2) is 16.8. The van der Waals surface area contributed by atoms with Gasteiger partial charge in [0.2, 0.25) is 6.10 Å². The number of Topliss-reactive ketones (excluding diaryl/α,β-unsaturated/α-hetero) is 1. The zero-order valence-electron chi connectivity index (χ0n) is 34.9. The highest BCUT2D eigenvalue weighted by Crippen LogP contribution is 2.64. The van der Waals surface area contributed by atoms with E-state index in [-0.39, 0.29) is 36.2 Å². The molecule has 15 nitrogen and oxygen atoms in total. The van der Waals surface area contributed by atoms with Gasteiger partial charge in [0, 0.05) is 37.5 Å². The molecule has 0 radical (unpaired) electrons. The lowest BCUT2D eigenvalue weighted by Crippen LogP contribution is -2.81. The largest absolute Gasteiger partial charge is 0.455 e. The highest BCUT2D eigenvalue weighted by atomic mass is 16.6. The summed E-state index contributed by atoms with van der Waals surface area (Å²) in [5.74, 6) is -7.64. The zero-order valence-corrected chi connectivity index (χ0v) is 34.9. The van der Waals surface area contributed by atoms with Crippen LogP contribution in [0.3, 0.4) is 0 Å². The van der Waals surface area contributed by atoms with Gasteiger partial charge in [0.1, 0.15) is 30.0 Å². The molecule has 1 heterocycles. The summed E-state index contributed by atoms with van der Waals surface area (Å²) < 4.78 is 35.0. The number of fused-ring (bicyclic) bond motifs is 5. The van der Waals surface area contributed by atoms with Gasteiger partial charge in [0.25, 0.3) is 0 Å². The van der Waals surface area contributed by atoms with E-state index >= 15 is 4.79 Å². The van der Waals surface area contributed by atoms with Crippen LogP contribution in [0.1, 0.15) is 96.0 Å². The van der Waals surface area contributed by atoms with Crippen LogP contribution in [0.2, 0.25) is 0 Å². The number of carbonyl (C=O) groups is 6. The van der Waals surface area contributed by atoms with Crippen molar-refractivity contribution in [3.63, 3.8) is 0 Å². The molecule has 9 unspecified atom stereocenters. The molecule has 0 aromatic heterocycles. The van der Waals surface area contributed by atoms with Crippen LogP contribution in [-0.4, -0.2) is 112 Å². The molecule has 3 fully saturated rings. The number of carbonyl (C=O) groups excluding carboxylic acids is 6. The van der Waals surface area contributed by atoms with Gasteiger partial charge in [-0.3, -0.25) is 14.4 Å². The van der Waals surface area contributed by atoms with E-state index in [0.717, 1.165) is 6.92 Å². The van der Waals surface area contributed by atoms with Crippen LogP contribution in [0, 0.1) is 16.7 Å². The van der Waals surface area contributed by atoms with E-state index < -0.39 is 119 Å². The van der Waals surface area contributed by atoms with Gasteiger partial charge in [-0.2, -0.15) is 0 Å². The fourth-order valence-corrected chi connectivity index (χ4v) is 9.86. The molecule has 2 aromatic carbocycles. The van der Waals surface area contributed by atoms with E-state index in [2.05, 4.69) is 0 Å². The Hall–Kier alpha value is -4.96. The summed E-state index contributed by atoms with van der Waals surface area (Å²) in [7, 11) is 0. The lowest BCUT2D eigenvalue weighted by Gasteiger charge is -2.67. The van der Waals surface area contributed by atoms with Crippen LogP contribution in [-0.2, 0) is 52.4 Å². The first kappa shape index (κ1) is 44.6. The topological polar surface area (TPSA) is 218 Å². The number of esters is 5. The van der Waals surface area contributed by atoms with Gasteiger partial charge >= 0.3 is 29.8 Å². The fourth-order valence-electron chi connectivity index (χ4n) is 9.86. The van der Waals surface area contributed by atoms with Crippen molar-refractivity contribution in [3.8, 4) is 0 Å². The molecule has 3 N–H and O–H groups in total. The van der Waals surface area contributed by atoms with Crippen LogP contribution in [0.15, 0.2) is 71.8 Å². The molecule has 2 bridgehead atoms. The summed E-state index contributed by atoms with van der Waals surface area (Å²) in [4.78, 5) is 81.7. The first-order chi connectivity index (χ1) is 28.2. The fraction of sp³-hybridized carbons (Fsp3) is 0.556. The monoisotopic (exact) mass is 834 g/mol. The molecule has 60 heavy (non-hydrogen) atoms. The summed E-state index contributed by atoms with van der Waals surface area (Å²) in [5.41, 5.74) is -6.91. The number of rotatable bonds is 12. The second-order valence-corrected chi connectivity index (χ2v) is 17.1. The first-order valence-corrected chi connectivity index (χ1v) is 20.3. The SMILES string of the molecule is CCCC(=O)OCC(=O)OC(C(=O)OC1C[C@]2(O)C(OC(=O)c3ccccc3)C3C(C)(C(=O)C(O)C(=C1C)C2(C)C)C(O)CC1OC[C@]13OC(C)=O)C(C)c1ccccc1. The smallest absolute Gasteiger partial charge is 0.348 e. The van der Waals surface area contributed by atoms with Crippen molar-refractivity contribution < 1.29 is 72.5 Å². The lowest BCUT2D eigenvalue weighted by atomic mass is 9.44. The summed E-state index contributed by atoms with van der Waals surface area (Å²) in [5, 5.41) is 37.6. The normalized spacial score (nSPS) is 32.6. The third kappa shape index (κ3) is 7.54. The van der Waals surface area contributed by atoms with Crippen molar-refractivity contribution in [1.29, 1.82) is 0 Å². The Morgan fingerprint density at radius 3 is 2.15 bits per heavy atom. The lowest BCUT2D eigenvalue weighted by molar-refractivity contribution is -0.346. The molecule has 6 rings (SSSR count). The summed E-state index contributed by atoms with van der Waals surface area (Å²) in [6.45, 7) is 9.53. The van der Waals surface area contributed by atoms with E-state index in [1.54, 1.807) is 76.2 Å². The maximum absolute atomic E-state index is 15.0. The molecule has 1 aliphatic heterocycles. The van der Waals surface area contributed by atoms with E-state index in [4.69, 9.17) is 28.4 Å². The molecular formula is C45H54O15. The van der Waals surface area contributed by atoms with E-state index in [0.29, 0.717) is 12.0 Å². The Morgan fingerprint density at radius 2 is 1.57 bits per heavy atom. The third-order valence-electron chi connectivity index (χ3n) is 13.3. The van der Waals surface area contributed by atoms with Crippen LogP contribution in [0.25, 0.3) is 0 Å². The number of hydrogen-bond acceptors (Lipinski definition) is 15.